The van der Waals surface area contributed by atoms with Gasteiger partial charge in [-0.05, 0) is 57.3 Å². The molecule has 0 saturated heterocycles. The highest BCUT2D eigenvalue weighted by Crippen LogP contribution is 2.35. The Hall–Kier alpha value is -0.330. The highest BCUT2D eigenvalue weighted by Gasteiger charge is 2.29. The Morgan fingerprint density at radius 2 is 1.62 bits per heavy atom. The lowest BCUT2D eigenvalue weighted by Gasteiger charge is -2.30. The second-order valence-electron chi connectivity index (χ2n) is 8.41. The van der Waals surface area contributed by atoms with Crippen molar-refractivity contribution in [2.45, 2.75) is 98.1 Å². The van der Waals surface area contributed by atoms with Gasteiger partial charge in [-0.25, -0.2) is 4.39 Å². The standard InChI is InChI=1S/C20H37F/c1-6-7-15-19(2,3)16-9-8-10-17-11-13-18(14-12-17)20(4,5)21/h11,13,17-18H,6-10,12,14-16H2,1-5H3/t17-,18+/m0/s1. The predicted octanol–water partition coefficient (Wildman–Crippen LogP) is 7.09. The molecule has 0 amide bonds. The lowest BCUT2D eigenvalue weighted by atomic mass is 9.78. The van der Waals surface area contributed by atoms with Gasteiger partial charge in [-0.15, -0.1) is 0 Å². The summed E-state index contributed by atoms with van der Waals surface area (Å²) in [7, 11) is 0. The fraction of sp³-hybridized carbons (Fsp3) is 0.900. The van der Waals surface area contributed by atoms with Crippen molar-refractivity contribution >= 4 is 0 Å². The normalized spacial score (nSPS) is 23.5. The molecular formula is C20H37F. The summed E-state index contributed by atoms with van der Waals surface area (Å²) in [5, 5.41) is 0. The van der Waals surface area contributed by atoms with Gasteiger partial charge in [0.2, 0.25) is 0 Å². The van der Waals surface area contributed by atoms with Crippen LogP contribution in [0.5, 0.6) is 0 Å². The van der Waals surface area contributed by atoms with Crippen LogP contribution in [0.3, 0.4) is 0 Å². The third kappa shape index (κ3) is 7.47. The Balaban J connectivity index is 2.20. The summed E-state index contributed by atoms with van der Waals surface area (Å²) in [4.78, 5) is 0. The van der Waals surface area contributed by atoms with E-state index in [0.29, 0.717) is 11.3 Å². The first-order valence-electron chi connectivity index (χ1n) is 9.12. The lowest BCUT2D eigenvalue weighted by molar-refractivity contribution is 0.137. The van der Waals surface area contributed by atoms with Crippen LogP contribution in [-0.4, -0.2) is 5.67 Å². The maximum absolute atomic E-state index is 13.9. The van der Waals surface area contributed by atoms with Crippen LogP contribution < -0.4 is 0 Å². The molecule has 124 valence electrons. The van der Waals surface area contributed by atoms with Crippen molar-refractivity contribution in [1.29, 1.82) is 0 Å². The molecule has 0 spiro atoms. The molecule has 1 aliphatic carbocycles. The van der Waals surface area contributed by atoms with E-state index in [0.717, 1.165) is 6.42 Å². The Labute approximate surface area is 132 Å². The molecule has 0 saturated carbocycles. The first-order valence-corrected chi connectivity index (χ1v) is 9.12. The summed E-state index contributed by atoms with van der Waals surface area (Å²) in [6, 6.07) is 0. The average molecular weight is 297 g/mol. The van der Waals surface area contributed by atoms with Crippen LogP contribution in [0, 0.1) is 17.3 Å². The zero-order valence-electron chi connectivity index (χ0n) is 15.1. The van der Waals surface area contributed by atoms with Crippen LogP contribution in [-0.2, 0) is 0 Å². The highest BCUT2D eigenvalue weighted by atomic mass is 19.1. The minimum absolute atomic E-state index is 0.127. The average Bonchev–Trinajstić information content (AvgIpc) is 2.41. The summed E-state index contributed by atoms with van der Waals surface area (Å²) in [6.45, 7) is 10.5. The number of hydrogen-bond acceptors (Lipinski definition) is 0. The van der Waals surface area contributed by atoms with Gasteiger partial charge in [-0.2, -0.15) is 0 Å². The van der Waals surface area contributed by atoms with Crippen molar-refractivity contribution < 1.29 is 4.39 Å². The molecule has 0 radical (unpaired) electrons. The van der Waals surface area contributed by atoms with Crippen LogP contribution in [0.4, 0.5) is 4.39 Å². The SMILES string of the molecule is CCCCC(C)(C)CCCC[C@H]1C=C[C@@H](C(C)(C)F)CC1. The van der Waals surface area contributed by atoms with E-state index in [9.17, 15) is 4.39 Å². The van der Waals surface area contributed by atoms with Gasteiger partial charge in [0.25, 0.3) is 0 Å². The van der Waals surface area contributed by atoms with Crippen LogP contribution in [0.1, 0.15) is 92.4 Å². The van der Waals surface area contributed by atoms with E-state index in [1.807, 2.05) is 0 Å². The summed E-state index contributed by atoms with van der Waals surface area (Å²) >= 11 is 0. The Morgan fingerprint density at radius 3 is 2.14 bits per heavy atom. The molecule has 0 aliphatic heterocycles. The van der Waals surface area contributed by atoms with Crippen molar-refractivity contribution in [2.24, 2.45) is 17.3 Å². The topological polar surface area (TPSA) is 0 Å². The number of hydrogen-bond donors (Lipinski definition) is 0. The summed E-state index contributed by atoms with van der Waals surface area (Å²) in [5.41, 5.74) is -0.535. The molecule has 0 aromatic heterocycles. The number of unbranched alkanes of at least 4 members (excludes halogenated alkanes) is 2. The second-order valence-corrected chi connectivity index (χ2v) is 8.41. The molecule has 1 aliphatic rings. The van der Waals surface area contributed by atoms with Crippen LogP contribution in [0.2, 0.25) is 0 Å². The van der Waals surface area contributed by atoms with E-state index >= 15 is 0 Å². The van der Waals surface area contributed by atoms with Gasteiger partial charge in [0.05, 0.1) is 0 Å². The first-order chi connectivity index (χ1) is 9.74. The van der Waals surface area contributed by atoms with Crippen molar-refractivity contribution in [3.63, 3.8) is 0 Å². The van der Waals surface area contributed by atoms with Crippen LogP contribution >= 0.6 is 0 Å². The Bertz CT molecular complexity index is 308. The molecule has 0 nitrogen and oxygen atoms in total. The fourth-order valence-electron chi connectivity index (χ4n) is 3.48. The van der Waals surface area contributed by atoms with Gasteiger partial charge in [-0.3, -0.25) is 0 Å². The van der Waals surface area contributed by atoms with Gasteiger partial charge in [0.15, 0.2) is 0 Å². The fourth-order valence-corrected chi connectivity index (χ4v) is 3.48. The summed E-state index contributed by atoms with van der Waals surface area (Å²) < 4.78 is 13.9. The number of rotatable bonds is 9. The molecule has 0 unspecified atom stereocenters. The Morgan fingerprint density at radius 1 is 0.952 bits per heavy atom. The third-order valence-electron chi connectivity index (χ3n) is 5.23. The monoisotopic (exact) mass is 296 g/mol. The van der Waals surface area contributed by atoms with Crippen molar-refractivity contribution in [3.05, 3.63) is 12.2 Å². The number of halogens is 1. The molecule has 2 atom stereocenters. The van der Waals surface area contributed by atoms with E-state index in [4.69, 9.17) is 0 Å². The molecule has 0 bridgehead atoms. The summed E-state index contributed by atoms with van der Waals surface area (Å²) in [5.74, 6) is 0.823. The highest BCUT2D eigenvalue weighted by molar-refractivity contribution is 5.03. The molecule has 0 fully saturated rings. The van der Waals surface area contributed by atoms with Crippen molar-refractivity contribution in [3.8, 4) is 0 Å². The van der Waals surface area contributed by atoms with Crippen LogP contribution in [0.15, 0.2) is 12.2 Å². The molecule has 0 heterocycles. The van der Waals surface area contributed by atoms with Gasteiger partial charge >= 0.3 is 0 Å². The van der Waals surface area contributed by atoms with Gasteiger partial charge in [-0.1, -0.05) is 58.6 Å². The van der Waals surface area contributed by atoms with Crippen molar-refractivity contribution in [2.75, 3.05) is 0 Å². The molecule has 1 heteroatoms. The summed E-state index contributed by atoms with van der Waals surface area (Å²) in [6.07, 6.45) is 16.0. The third-order valence-corrected chi connectivity index (χ3v) is 5.23. The molecule has 0 aromatic rings. The smallest absolute Gasteiger partial charge is 0.111 e. The minimum atomic E-state index is -1.05. The Kier molecular flexibility index (Phi) is 7.44. The minimum Gasteiger partial charge on any atom is -0.244 e. The van der Waals surface area contributed by atoms with Gasteiger partial charge < -0.3 is 0 Å². The van der Waals surface area contributed by atoms with Crippen molar-refractivity contribution in [1.82, 2.24) is 0 Å². The largest absolute Gasteiger partial charge is 0.244 e. The molecule has 0 N–H and O–H groups in total. The maximum Gasteiger partial charge on any atom is 0.111 e. The van der Waals surface area contributed by atoms with Gasteiger partial charge in [0, 0.05) is 5.92 Å². The second kappa shape index (κ2) is 8.34. The van der Waals surface area contributed by atoms with Gasteiger partial charge in [0.1, 0.15) is 5.67 Å². The molecule has 0 aromatic carbocycles. The first kappa shape index (κ1) is 18.7. The van der Waals surface area contributed by atoms with Crippen LogP contribution in [0.25, 0.3) is 0 Å². The zero-order chi connectivity index (χ0) is 15.9. The lowest BCUT2D eigenvalue weighted by Crippen LogP contribution is -2.26. The van der Waals surface area contributed by atoms with E-state index in [-0.39, 0.29) is 5.92 Å². The number of alkyl halides is 1. The van der Waals surface area contributed by atoms with E-state index in [1.54, 1.807) is 13.8 Å². The van der Waals surface area contributed by atoms with E-state index in [1.165, 1.54) is 51.4 Å². The van der Waals surface area contributed by atoms with E-state index < -0.39 is 5.67 Å². The molecular weight excluding hydrogens is 259 g/mol. The molecule has 21 heavy (non-hydrogen) atoms. The maximum atomic E-state index is 13.9. The molecule has 1 rings (SSSR count). The number of allylic oxidation sites excluding steroid dienone is 2. The van der Waals surface area contributed by atoms with E-state index in [2.05, 4.69) is 32.9 Å². The quantitative estimate of drug-likeness (QED) is 0.314. The predicted molar refractivity (Wildman–Crippen MR) is 92.3 cm³/mol. The zero-order valence-corrected chi connectivity index (χ0v) is 15.1.